The van der Waals surface area contributed by atoms with E-state index in [2.05, 4.69) is 32.4 Å². The van der Waals surface area contributed by atoms with Gasteiger partial charge in [0.15, 0.2) is 11.3 Å². The lowest BCUT2D eigenvalue weighted by molar-refractivity contribution is -0.119. The number of halogens is 1. The van der Waals surface area contributed by atoms with E-state index < -0.39 is 0 Å². The van der Waals surface area contributed by atoms with Crippen molar-refractivity contribution in [2.24, 2.45) is 5.92 Å². The van der Waals surface area contributed by atoms with E-state index in [0.717, 1.165) is 14.7 Å². The van der Waals surface area contributed by atoms with Crippen molar-refractivity contribution in [2.75, 3.05) is 18.4 Å². The summed E-state index contributed by atoms with van der Waals surface area (Å²) in [5.41, 5.74) is 0.859. The number of aromatic nitrogens is 1. The van der Waals surface area contributed by atoms with Gasteiger partial charge in [-0.3, -0.25) is 4.79 Å². The fourth-order valence-electron chi connectivity index (χ4n) is 2.24. The number of anilines is 1. The number of hydrogen-bond donors (Lipinski definition) is 1. The maximum Gasteiger partial charge on any atom is 0.231 e. The SMILES string of the molecule is N#CN1CCC(C(=O)Nc2nc3c(Br)cccc3s2)C1. The number of carbonyl (C=O) groups is 1. The van der Waals surface area contributed by atoms with Gasteiger partial charge < -0.3 is 10.2 Å². The lowest BCUT2D eigenvalue weighted by Gasteiger charge is -2.08. The summed E-state index contributed by atoms with van der Waals surface area (Å²) < 4.78 is 1.95. The summed E-state index contributed by atoms with van der Waals surface area (Å²) in [6.45, 7) is 1.15. The molecule has 3 rings (SSSR count). The van der Waals surface area contributed by atoms with E-state index in [1.165, 1.54) is 11.3 Å². The van der Waals surface area contributed by atoms with Crippen molar-refractivity contribution >= 4 is 48.5 Å². The third-order valence-electron chi connectivity index (χ3n) is 3.30. The summed E-state index contributed by atoms with van der Waals surface area (Å²) in [5, 5.41) is 12.3. The predicted molar refractivity (Wildman–Crippen MR) is 81.2 cm³/mol. The molecule has 0 aliphatic carbocycles. The zero-order chi connectivity index (χ0) is 14.1. The Kier molecular flexibility index (Phi) is 3.59. The first-order valence-electron chi connectivity index (χ1n) is 6.18. The Balaban J connectivity index is 1.75. The van der Waals surface area contributed by atoms with E-state index in [-0.39, 0.29) is 11.8 Å². The molecule has 0 saturated carbocycles. The van der Waals surface area contributed by atoms with Crippen LogP contribution >= 0.6 is 27.3 Å². The van der Waals surface area contributed by atoms with Crippen molar-refractivity contribution in [3.63, 3.8) is 0 Å². The van der Waals surface area contributed by atoms with Gasteiger partial charge >= 0.3 is 0 Å². The molecule has 1 aliphatic rings. The van der Waals surface area contributed by atoms with Crippen LogP contribution in [0.2, 0.25) is 0 Å². The van der Waals surface area contributed by atoms with Crippen LogP contribution in [0, 0.1) is 17.4 Å². The highest BCUT2D eigenvalue weighted by atomic mass is 79.9. The highest BCUT2D eigenvalue weighted by Crippen LogP contribution is 2.31. The number of carbonyl (C=O) groups excluding carboxylic acids is 1. The van der Waals surface area contributed by atoms with Crippen molar-refractivity contribution in [1.82, 2.24) is 9.88 Å². The third kappa shape index (κ3) is 2.49. The van der Waals surface area contributed by atoms with E-state index in [0.29, 0.717) is 24.6 Å². The Morgan fingerprint density at radius 1 is 1.60 bits per heavy atom. The van der Waals surface area contributed by atoms with Crippen molar-refractivity contribution in [2.45, 2.75) is 6.42 Å². The molecule has 5 nitrogen and oxygen atoms in total. The third-order valence-corrected chi connectivity index (χ3v) is 4.88. The van der Waals surface area contributed by atoms with E-state index in [1.807, 2.05) is 18.2 Å². The summed E-state index contributed by atoms with van der Waals surface area (Å²) >= 11 is 4.90. The first kappa shape index (κ1) is 13.3. The molecule has 1 saturated heterocycles. The fourth-order valence-corrected chi connectivity index (χ4v) is 3.72. The first-order chi connectivity index (χ1) is 9.67. The Labute approximate surface area is 128 Å². The van der Waals surface area contributed by atoms with Gasteiger partial charge in [0.2, 0.25) is 5.91 Å². The van der Waals surface area contributed by atoms with Crippen LogP contribution in [0.15, 0.2) is 22.7 Å². The van der Waals surface area contributed by atoms with Crippen molar-refractivity contribution in [3.05, 3.63) is 22.7 Å². The minimum Gasteiger partial charge on any atom is -0.310 e. The molecule has 7 heteroatoms. The average molecular weight is 351 g/mol. The lowest BCUT2D eigenvalue weighted by Crippen LogP contribution is -2.25. The second-order valence-electron chi connectivity index (χ2n) is 4.63. The molecule has 0 spiro atoms. The quantitative estimate of drug-likeness (QED) is 0.845. The van der Waals surface area contributed by atoms with Gasteiger partial charge in [-0.25, -0.2) is 4.98 Å². The maximum absolute atomic E-state index is 12.1. The molecule has 1 atom stereocenters. The summed E-state index contributed by atoms with van der Waals surface area (Å²) in [4.78, 5) is 18.2. The van der Waals surface area contributed by atoms with Gasteiger partial charge in [0, 0.05) is 17.6 Å². The standard InChI is InChI=1S/C13H11BrN4OS/c14-9-2-1-3-10-11(9)16-13(20-10)17-12(19)8-4-5-18(6-8)7-15/h1-3,8H,4-6H2,(H,16,17,19). The number of fused-ring (bicyclic) bond motifs is 1. The smallest absolute Gasteiger partial charge is 0.231 e. The summed E-state index contributed by atoms with van der Waals surface area (Å²) in [5.74, 6) is -0.192. The van der Waals surface area contributed by atoms with Crippen LogP contribution in [-0.2, 0) is 4.79 Å². The number of benzene rings is 1. The molecule has 1 unspecified atom stereocenters. The molecule has 20 heavy (non-hydrogen) atoms. The number of nitriles is 1. The molecule has 1 amide bonds. The molecule has 2 aromatic rings. The second kappa shape index (κ2) is 5.38. The van der Waals surface area contributed by atoms with Crippen molar-refractivity contribution in [1.29, 1.82) is 5.26 Å². The molecule has 1 fully saturated rings. The predicted octanol–water partition coefficient (Wildman–Crippen LogP) is 2.80. The van der Waals surface area contributed by atoms with E-state index >= 15 is 0 Å². The van der Waals surface area contributed by atoms with Crippen LogP contribution in [0.5, 0.6) is 0 Å². The number of para-hydroxylation sites is 1. The minimum atomic E-state index is -0.134. The van der Waals surface area contributed by atoms with Crippen LogP contribution < -0.4 is 5.32 Å². The normalized spacial score (nSPS) is 18.2. The van der Waals surface area contributed by atoms with Crippen LogP contribution in [0.1, 0.15) is 6.42 Å². The molecule has 1 aromatic carbocycles. The number of thiazole rings is 1. The number of hydrogen-bond acceptors (Lipinski definition) is 5. The molecule has 1 aliphatic heterocycles. The van der Waals surface area contributed by atoms with E-state index in [4.69, 9.17) is 5.26 Å². The fraction of sp³-hybridized carbons (Fsp3) is 0.308. The molecular weight excluding hydrogens is 340 g/mol. The Morgan fingerprint density at radius 3 is 3.15 bits per heavy atom. The van der Waals surface area contributed by atoms with Gasteiger partial charge in [-0.2, -0.15) is 5.26 Å². The monoisotopic (exact) mass is 350 g/mol. The number of rotatable bonds is 2. The number of amides is 1. The van der Waals surface area contributed by atoms with Crippen molar-refractivity contribution in [3.8, 4) is 6.19 Å². The molecule has 1 N–H and O–H groups in total. The van der Waals surface area contributed by atoms with Gasteiger partial charge in [-0.15, -0.1) is 0 Å². The molecule has 0 bridgehead atoms. The van der Waals surface area contributed by atoms with Gasteiger partial charge in [-0.05, 0) is 34.5 Å². The lowest BCUT2D eigenvalue weighted by atomic mass is 10.1. The molecule has 0 radical (unpaired) electrons. The maximum atomic E-state index is 12.1. The largest absolute Gasteiger partial charge is 0.310 e. The summed E-state index contributed by atoms with van der Waals surface area (Å²) in [7, 11) is 0. The van der Waals surface area contributed by atoms with Gasteiger partial charge in [0.25, 0.3) is 0 Å². The van der Waals surface area contributed by atoms with E-state index in [1.54, 1.807) is 4.90 Å². The molecular formula is C13H11BrN4OS. The van der Waals surface area contributed by atoms with Crippen LogP contribution in [0.4, 0.5) is 5.13 Å². The topological polar surface area (TPSA) is 69.0 Å². The van der Waals surface area contributed by atoms with Gasteiger partial charge in [0.1, 0.15) is 0 Å². The zero-order valence-corrected chi connectivity index (χ0v) is 12.9. The van der Waals surface area contributed by atoms with Gasteiger partial charge in [0.05, 0.1) is 16.1 Å². The second-order valence-corrected chi connectivity index (χ2v) is 6.51. The highest BCUT2D eigenvalue weighted by Gasteiger charge is 2.28. The van der Waals surface area contributed by atoms with Crippen LogP contribution in [-0.4, -0.2) is 28.9 Å². The minimum absolute atomic E-state index is 0.0575. The van der Waals surface area contributed by atoms with Gasteiger partial charge in [-0.1, -0.05) is 17.4 Å². The molecule has 2 heterocycles. The molecule has 102 valence electrons. The Hall–Kier alpha value is -1.65. The molecule has 1 aromatic heterocycles. The number of likely N-dealkylation sites (tertiary alicyclic amines) is 1. The van der Waals surface area contributed by atoms with E-state index in [9.17, 15) is 4.79 Å². The summed E-state index contributed by atoms with van der Waals surface area (Å²) in [6.07, 6.45) is 2.79. The zero-order valence-electron chi connectivity index (χ0n) is 10.5. The highest BCUT2D eigenvalue weighted by molar-refractivity contribution is 9.10. The number of nitrogens with one attached hydrogen (secondary N) is 1. The Bertz CT molecular complexity index is 708. The Morgan fingerprint density at radius 2 is 2.45 bits per heavy atom. The van der Waals surface area contributed by atoms with Crippen LogP contribution in [0.25, 0.3) is 10.2 Å². The van der Waals surface area contributed by atoms with Crippen LogP contribution in [0.3, 0.4) is 0 Å². The number of nitrogens with zero attached hydrogens (tertiary/aromatic N) is 3. The first-order valence-corrected chi connectivity index (χ1v) is 7.79. The summed E-state index contributed by atoms with van der Waals surface area (Å²) in [6, 6.07) is 5.84. The van der Waals surface area contributed by atoms with Crippen molar-refractivity contribution < 1.29 is 4.79 Å². The average Bonchev–Trinajstić information content (AvgIpc) is 3.05.